The van der Waals surface area contributed by atoms with Crippen molar-refractivity contribution in [3.8, 4) is 11.3 Å². The summed E-state index contributed by atoms with van der Waals surface area (Å²) in [4.78, 5) is 4.68. The fraction of sp³-hybridized carbons (Fsp3) is 0.250. The van der Waals surface area contributed by atoms with Crippen molar-refractivity contribution in [3.05, 3.63) is 39.2 Å². The second-order valence-corrected chi connectivity index (χ2v) is 4.97. The van der Waals surface area contributed by atoms with Crippen LogP contribution in [-0.4, -0.2) is 4.98 Å². The highest BCUT2D eigenvalue weighted by atomic mass is 35.5. The first-order chi connectivity index (χ1) is 7.34. The number of pyridine rings is 1. The lowest BCUT2D eigenvalue weighted by Gasteiger charge is -2.04. The summed E-state index contributed by atoms with van der Waals surface area (Å²) in [5, 5.41) is 5.07. The van der Waals surface area contributed by atoms with Crippen LogP contribution in [0.25, 0.3) is 11.3 Å². The molecule has 2 heterocycles. The Bertz CT molecular complexity index is 491. The van der Waals surface area contributed by atoms with Crippen LogP contribution in [0.3, 0.4) is 0 Å². The summed E-state index contributed by atoms with van der Waals surface area (Å²) in [5.41, 5.74) is 4.65. The van der Waals surface area contributed by atoms with Gasteiger partial charge in [0.15, 0.2) is 0 Å². The Morgan fingerprint density at radius 2 is 2.27 bits per heavy atom. The number of rotatable bonds is 1. The van der Waals surface area contributed by atoms with Gasteiger partial charge in [0.25, 0.3) is 0 Å². The summed E-state index contributed by atoms with van der Waals surface area (Å²) in [6.07, 6.45) is 3.35. The molecule has 0 bridgehead atoms. The minimum absolute atomic E-state index is 0.888. The van der Waals surface area contributed by atoms with Gasteiger partial charge < -0.3 is 0 Å². The predicted molar refractivity (Wildman–Crippen MR) is 64.6 cm³/mol. The molecule has 0 fully saturated rings. The minimum atomic E-state index is 0.888. The van der Waals surface area contributed by atoms with E-state index in [4.69, 9.17) is 11.6 Å². The second-order valence-electron chi connectivity index (χ2n) is 3.78. The van der Waals surface area contributed by atoms with Gasteiger partial charge in [-0.05, 0) is 42.3 Å². The Kier molecular flexibility index (Phi) is 2.26. The molecule has 1 aliphatic rings. The van der Waals surface area contributed by atoms with E-state index in [9.17, 15) is 0 Å². The third kappa shape index (κ3) is 1.58. The van der Waals surface area contributed by atoms with Crippen LogP contribution in [0.1, 0.15) is 17.7 Å². The molecule has 0 unspecified atom stereocenters. The van der Waals surface area contributed by atoms with Crippen molar-refractivity contribution >= 4 is 22.9 Å². The molecular formula is C12H10ClNS. The number of hydrogen-bond donors (Lipinski definition) is 0. The van der Waals surface area contributed by atoms with Gasteiger partial charge >= 0.3 is 0 Å². The van der Waals surface area contributed by atoms with Crippen molar-refractivity contribution in [2.75, 3.05) is 0 Å². The van der Waals surface area contributed by atoms with Gasteiger partial charge in [-0.3, -0.25) is 4.98 Å². The molecule has 0 atom stereocenters. The molecule has 0 aromatic carbocycles. The van der Waals surface area contributed by atoms with Gasteiger partial charge in [-0.25, -0.2) is 0 Å². The lowest BCUT2D eigenvalue weighted by Crippen LogP contribution is -1.92. The molecule has 0 N–H and O–H groups in total. The normalized spacial score (nSPS) is 14.2. The first-order valence-corrected chi connectivity index (χ1v) is 6.37. The molecule has 3 heteroatoms. The maximum absolute atomic E-state index is 6.26. The van der Waals surface area contributed by atoms with Crippen molar-refractivity contribution in [2.24, 2.45) is 0 Å². The van der Waals surface area contributed by atoms with Gasteiger partial charge in [-0.2, -0.15) is 11.3 Å². The number of thiophene rings is 1. The highest BCUT2D eigenvalue weighted by Gasteiger charge is 2.17. The van der Waals surface area contributed by atoms with Crippen LogP contribution in [0.5, 0.6) is 0 Å². The van der Waals surface area contributed by atoms with Gasteiger partial charge in [-0.1, -0.05) is 11.6 Å². The number of fused-ring (bicyclic) bond motifs is 1. The first kappa shape index (κ1) is 9.37. The number of hydrogen-bond acceptors (Lipinski definition) is 2. The van der Waals surface area contributed by atoms with Crippen LogP contribution in [0.15, 0.2) is 22.9 Å². The summed E-state index contributed by atoms with van der Waals surface area (Å²) < 4.78 is 0. The summed E-state index contributed by atoms with van der Waals surface area (Å²) in [7, 11) is 0. The lowest BCUT2D eigenvalue weighted by atomic mass is 10.1. The van der Waals surface area contributed by atoms with Crippen molar-refractivity contribution in [2.45, 2.75) is 19.3 Å². The first-order valence-electron chi connectivity index (χ1n) is 5.05. The summed E-state index contributed by atoms with van der Waals surface area (Å²) >= 11 is 7.95. The summed E-state index contributed by atoms with van der Waals surface area (Å²) in [6, 6.07) is 4.08. The molecule has 3 rings (SSSR count). The van der Waals surface area contributed by atoms with E-state index in [1.807, 2.05) is 6.07 Å². The molecular weight excluding hydrogens is 226 g/mol. The molecule has 2 aromatic heterocycles. The van der Waals surface area contributed by atoms with E-state index in [2.05, 4.69) is 21.8 Å². The van der Waals surface area contributed by atoms with Crippen molar-refractivity contribution < 1.29 is 0 Å². The third-order valence-corrected chi connectivity index (χ3v) is 3.83. The molecule has 0 saturated carbocycles. The molecule has 0 saturated heterocycles. The van der Waals surface area contributed by atoms with Gasteiger partial charge in [0.2, 0.25) is 0 Å². The Balaban J connectivity index is 2.15. The van der Waals surface area contributed by atoms with Crippen molar-refractivity contribution in [1.82, 2.24) is 4.98 Å². The number of aryl methyl sites for hydroxylation is 1. The quantitative estimate of drug-likeness (QED) is 0.729. The summed E-state index contributed by atoms with van der Waals surface area (Å²) in [5.74, 6) is 0. The molecule has 0 radical (unpaired) electrons. The average Bonchev–Trinajstić information content (AvgIpc) is 2.88. The SMILES string of the molecule is Clc1cc(-c2ccsc2)nc2c1CCC2. The maximum atomic E-state index is 6.26. The summed E-state index contributed by atoms with van der Waals surface area (Å²) in [6.45, 7) is 0. The zero-order valence-electron chi connectivity index (χ0n) is 8.16. The Hall–Kier alpha value is -0.860. The Morgan fingerprint density at radius 3 is 3.07 bits per heavy atom. The van der Waals surface area contributed by atoms with Crippen LogP contribution in [0, 0.1) is 0 Å². The van der Waals surface area contributed by atoms with E-state index in [-0.39, 0.29) is 0 Å². The minimum Gasteiger partial charge on any atom is -0.252 e. The fourth-order valence-electron chi connectivity index (χ4n) is 2.05. The van der Waals surface area contributed by atoms with Crippen LogP contribution in [0.2, 0.25) is 5.02 Å². The molecule has 1 aliphatic carbocycles. The number of aromatic nitrogens is 1. The van der Waals surface area contributed by atoms with Crippen LogP contribution in [0.4, 0.5) is 0 Å². The van der Waals surface area contributed by atoms with Crippen molar-refractivity contribution in [1.29, 1.82) is 0 Å². The van der Waals surface area contributed by atoms with Crippen LogP contribution >= 0.6 is 22.9 Å². The maximum Gasteiger partial charge on any atom is 0.0728 e. The molecule has 1 nitrogen and oxygen atoms in total. The molecule has 76 valence electrons. The number of halogens is 1. The van der Waals surface area contributed by atoms with Gasteiger partial charge in [0, 0.05) is 21.7 Å². The predicted octanol–water partition coefficient (Wildman–Crippen LogP) is 3.95. The molecule has 0 spiro atoms. The smallest absolute Gasteiger partial charge is 0.0728 e. The van der Waals surface area contributed by atoms with Gasteiger partial charge in [-0.15, -0.1) is 0 Å². The zero-order chi connectivity index (χ0) is 10.3. The van der Waals surface area contributed by atoms with E-state index in [0.29, 0.717) is 0 Å². The molecule has 15 heavy (non-hydrogen) atoms. The average molecular weight is 236 g/mol. The monoisotopic (exact) mass is 235 g/mol. The van der Waals surface area contributed by atoms with E-state index < -0.39 is 0 Å². The van der Waals surface area contributed by atoms with Crippen molar-refractivity contribution in [3.63, 3.8) is 0 Å². The lowest BCUT2D eigenvalue weighted by molar-refractivity contribution is 0.900. The molecule has 0 amide bonds. The number of nitrogens with zero attached hydrogens (tertiary/aromatic N) is 1. The van der Waals surface area contributed by atoms with Gasteiger partial charge in [0.05, 0.1) is 5.69 Å². The van der Waals surface area contributed by atoms with Gasteiger partial charge in [0.1, 0.15) is 0 Å². The van der Waals surface area contributed by atoms with Crippen LogP contribution in [-0.2, 0) is 12.8 Å². The van der Waals surface area contributed by atoms with E-state index in [0.717, 1.165) is 23.6 Å². The van der Waals surface area contributed by atoms with E-state index in [1.54, 1.807) is 11.3 Å². The topological polar surface area (TPSA) is 12.9 Å². The Morgan fingerprint density at radius 1 is 1.33 bits per heavy atom. The zero-order valence-corrected chi connectivity index (χ0v) is 9.74. The van der Waals surface area contributed by atoms with E-state index in [1.165, 1.54) is 23.2 Å². The standard InChI is InChI=1S/C12H10ClNS/c13-10-6-12(8-4-5-15-7-8)14-11-3-1-2-9(10)11/h4-7H,1-3H2. The largest absolute Gasteiger partial charge is 0.252 e. The fourth-order valence-corrected chi connectivity index (χ4v) is 3.01. The second kappa shape index (κ2) is 3.62. The Labute approximate surface area is 97.7 Å². The molecule has 0 aliphatic heterocycles. The third-order valence-electron chi connectivity index (χ3n) is 2.81. The van der Waals surface area contributed by atoms with Crippen LogP contribution < -0.4 is 0 Å². The highest BCUT2D eigenvalue weighted by molar-refractivity contribution is 7.08. The highest BCUT2D eigenvalue weighted by Crippen LogP contribution is 2.31. The molecule has 2 aromatic rings. The van der Waals surface area contributed by atoms with E-state index >= 15 is 0 Å².